The van der Waals surface area contributed by atoms with Crippen LogP contribution in [0.1, 0.15) is 66.0 Å². The molecule has 0 aliphatic carbocycles. The van der Waals surface area contributed by atoms with Crippen molar-refractivity contribution in [3.05, 3.63) is 100 Å². The highest BCUT2D eigenvalue weighted by Gasteiger charge is 2.50. The molecule has 3 aromatic rings. The van der Waals surface area contributed by atoms with E-state index in [1.807, 2.05) is 62.4 Å². The lowest BCUT2D eigenvalue weighted by molar-refractivity contribution is -0.123. The summed E-state index contributed by atoms with van der Waals surface area (Å²) >= 11 is 6.16. The number of para-hydroxylation sites is 1. The molecule has 0 aromatic heterocycles. The Morgan fingerprint density at radius 2 is 1.40 bits per heavy atom. The number of hydrogen-bond acceptors (Lipinski definition) is 3. The molecular weight excluding hydrogens is 460 g/mol. The monoisotopic (exact) mass is 486 g/mol. The van der Waals surface area contributed by atoms with E-state index in [2.05, 4.69) is 6.92 Å². The van der Waals surface area contributed by atoms with Gasteiger partial charge in [0.2, 0.25) is 0 Å². The fourth-order valence-corrected chi connectivity index (χ4v) is 5.98. The number of hydrogen-bond donors (Lipinski definition) is 0. The summed E-state index contributed by atoms with van der Waals surface area (Å²) < 4.78 is 0. The van der Waals surface area contributed by atoms with Crippen LogP contribution in [0.2, 0.25) is 5.02 Å². The summed E-state index contributed by atoms with van der Waals surface area (Å²) in [4.78, 5) is 43.1. The summed E-state index contributed by atoms with van der Waals surface area (Å²) in [7, 11) is 0. The van der Waals surface area contributed by atoms with E-state index in [-0.39, 0.29) is 11.3 Å². The van der Waals surface area contributed by atoms with Gasteiger partial charge in [0.15, 0.2) is 0 Å². The van der Waals surface area contributed by atoms with Crippen molar-refractivity contribution in [2.24, 2.45) is 0 Å². The number of amides is 3. The number of carbonyl (C=O) groups is 3. The Morgan fingerprint density at radius 1 is 0.857 bits per heavy atom. The molecule has 0 saturated carbocycles. The molecule has 6 heteroatoms. The van der Waals surface area contributed by atoms with Crippen LogP contribution in [-0.2, 0) is 10.2 Å². The van der Waals surface area contributed by atoms with Gasteiger partial charge in [-0.25, -0.2) is 0 Å². The van der Waals surface area contributed by atoms with Crippen LogP contribution in [-0.4, -0.2) is 34.2 Å². The van der Waals surface area contributed by atoms with Gasteiger partial charge in [-0.15, -0.1) is 0 Å². The third-order valence-corrected chi connectivity index (χ3v) is 7.65. The Morgan fingerprint density at radius 3 is 2.00 bits per heavy atom. The van der Waals surface area contributed by atoms with Crippen molar-refractivity contribution in [2.45, 2.75) is 51.1 Å². The normalized spacial score (nSPS) is 21.5. The standard InChI is InChI=1S/C29H27ClN2O3/c1-18(31-26(34)21-9-5-6-10-22(21)27(31)35)25(33)32-24-12-8-7-11-23(24)29(4,17-28(32,2)3)19-13-15-20(30)16-14-19/h5-16,18H,17H2,1-4H3. The molecule has 0 N–H and O–H groups in total. The van der Waals surface area contributed by atoms with Crippen LogP contribution in [0.25, 0.3) is 0 Å². The first-order valence-corrected chi connectivity index (χ1v) is 12.1. The molecule has 5 rings (SSSR count). The van der Waals surface area contributed by atoms with Crippen molar-refractivity contribution in [3.63, 3.8) is 0 Å². The SMILES string of the molecule is CC(C(=O)N1c2ccccc2C(C)(c2ccc(Cl)cc2)CC1(C)C)N1C(=O)c2ccccc2C1=O. The zero-order valence-corrected chi connectivity index (χ0v) is 21.0. The van der Waals surface area contributed by atoms with E-state index < -0.39 is 23.4 Å². The molecular formula is C29H27ClN2O3. The average molecular weight is 487 g/mol. The maximum atomic E-state index is 14.1. The van der Waals surface area contributed by atoms with Gasteiger partial charge in [-0.3, -0.25) is 19.3 Å². The molecule has 3 amide bonds. The Labute approximate surface area is 210 Å². The maximum Gasteiger partial charge on any atom is 0.262 e. The van der Waals surface area contributed by atoms with Crippen molar-refractivity contribution in [3.8, 4) is 0 Å². The summed E-state index contributed by atoms with van der Waals surface area (Å²) in [5, 5.41) is 0.673. The molecule has 0 bridgehead atoms. The molecule has 0 saturated heterocycles. The Bertz CT molecular complexity index is 1330. The Kier molecular flexibility index (Phi) is 5.37. The number of imide groups is 1. The number of carbonyl (C=O) groups excluding carboxylic acids is 3. The lowest BCUT2D eigenvalue weighted by atomic mass is 9.65. The van der Waals surface area contributed by atoms with E-state index in [9.17, 15) is 14.4 Å². The van der Waals surface area contributed by atoms with E-state index in [1.165, 1.54) is 0 Å². The topological polar surface area (TPSA) is 57.7 Å². The maximum absolute atomic E-state index is 14.1. The number of rotatable bonds is 3. The summed E-state index contributed by atoms with van der Waals surface area (Å²) in [5.41, 5.74) is 2.64. The van der Waals surface area contributed by atoms with Crippen LogP contribution >= 0.6 is 11.6 Å². The molecule has 2 heterocycles. The predicted molar refractivity (Wildman–Crippen MR) is 137 cm³/mol. The number of fused-ring (bicyclic) bond motifs is 2. The van der Waals surface area contributed by atoms with Crippen LogP contribution < -0.4 is 4.90 Å². The van der Waals surface area contributed by atoms with Crippen LogP contribution in [0.15, 0.2) is 72.8 Å². The summed E-state index contributed by atoms with van der Waals surface area (Å²) in [6.07, 6.45) is 0.652. The molecule has 2 aliphatic rings. The average Bonchev–Trinajstić information content (AvgIpc) is 3.08. The van der Waals surface area contributed by atoms with Gasteiger partial charge in [-0.2, -0.15) is 0 Å². The highest BCUT2D eigenvalue weighted by Crippen LogP contribution is 2.50. The third kappa shape index (κ3) is 3.49. The minimum atomic E-state index is -0.949. The number of anilines is 1. The molecule has 0 radical (unpaired) electrons. The van der Waals surface area contributed by atoms with Crippen LogP contribution in [0.4, 0.5) is 5.69 Å². The summed E-state index contributed by atoms with van der Waals surface area (Å²) in [6.45, 7) is 7.89. The van der Waals surface area contributed by atoms with Crippen molar-refractivity contribution in [1.82, 2.24) is 4.90 Å². The van der Waals surface area contributed by atoms with Crippen LogP contribution in [0.3, 0.4) is 0 Å². The van der Waals surface area contributed by atoms with E-state index in [4.69, 9.17) is 11.6 Å². The molecule has 0 spiro atoms. The molecule has 3 aromatic carbocycles. The van der Waals surface area contributed by atoms with Gasteiger partial charge in [0, 0.05) is 21.7 Å². The van der Waals surface area contributed by atoms with Crippen molar-refractivity contribution >= 4 is 35.0 Å². The van der Waals surface area contributed by atoms with Crippen molar-refractivity contribution < 1.29 is 14.4 Å². The Balaban J connectivity index is 1.57. The largest absolute Gasteiger partial charge is 0.305 e. The first-order valence-electron chi connectivity index (χ1n) is 11.7. The van der Waals surface area contributed by atoms with Gasteiger partial charge in [-0.1, -0.05) is 61.0 Å². The zero-order valence-electron chi connectivity index (χ0n) is 20.2. The number of benzene rings is 3. The lowest BCUT2D eigenvalue weighted by Gasteiger charge is -2.52. The van der Waals surface area contributed by atoms with E-state index >= 15 is 0 Å². The van der Waals surface area contributed by atoms with Gasteiger partial charge in [0.25, 0.3) is 17.7 Å². The summed E-state index contributed by atoms with van der Waals surface area (Å²) in [5.74, 6) is -1.14. The predicted octanol–water partition coefficient (Wildman–Crippen LogP) is 5.85. The van der Waals surface area contributed by atoms with Gasteiger partial charge < -0.3 is 4.90 Å². The third-order valence-electron chi connectivity index (χ3n) is 7.40. The van der Waals surface area contributed by atoms with Crippen LogP contribution in [0.5, 0.6) is 0 Å². The molecule has 0 fully saturated rings. The lowest BCUT2D eigenvalue weighted by Crippen LogP contribution is -2.60. The molecule has 178 valence electrons. The number of halogens is 1. The smallest absolute Gasteiger partial charge is 0.262 e. The number of nitrogens with zero attached hydrogens (tertiary/aromatic N) is 2. The first kappa shape index (κ1) is 23.3. The van der Waals surface area contributed by atoms with Crippen molar-refractivity contribution in [2.75, 3.05) is 4.90 Å². The van der Waals surface area contributed by atoms with Gasteiger partial charge >= 0.3 is 0 Å². The fourth-order valence-electron chi connectivity index (χ4n) is 5.85. The summed E-state index contributed by atoms with van der Waals surface area (Å²) in [6, 6.07) is 21.5. The second-order valence-corrected chi connectivity index (χ2v) is 10.7. The zero-order chi connectivity index (χ0) is 25.1. The van der Waals surface area contributed by atoms with Gasteiger partial charge in [0.05, 0.1) is 11.1 Å². The fraction of sp³-hybridized carbons (Fsp3) is 0.276. The highest BCUT2D eigenvalue weighted by molar-refractivity contribution is 6.30. The van der Waals surface area contributed by atoms with Gasteiger partial charge in [0.1, 0.15) is 6.04 Å². The molecule has 5 nitrogen and oxygen atoms in total. The molecule has 2 unspecified atom stereocenters. The molecule has 2 atom stereocenters. The van der Waals surface area contributed by atoms with E-state index in [0.29, 0.717) is 22.6 Å². The van der Waals surface area contributed by atoms with Crippen LogP contribution in [0, 0.1) is 0 Å². The second kappa shape index (κ2) is 8.06. The molecule has 2 aliphatic heterocycles. The van der Waals surface area contributed by atoms with Crippen molar-refractivity contribution in [1.29, 1.82) is 0 Å². The quantitative estimate of drug-likeness (QED) is 0.436. The second-order valence-electron chi connectivity index (χ2n) is 10.2. The molecule has 35 heavy (non-hydrogen) atoms. The minimum Gasteiger partial charge on any atom is -0.305 e. The highest BCUT2D eigenvalue weighted by atomic mass is 35.5. The Hall–Kier alpha value is -3.44. The first-order chi connectivity index (χ1) is 16.6. The van der Waals surface area contributed by atoms with E-state index in [1.54, 1.807) is 36.1 Å². The van der Waals surface area contributed by atoms with Gasteiger partial charge in [-0.05, 0) is 68.7 Å². The van der Waals surface area contributed by atoms with E-state index in [0.717, 1.165) is 21.7 Å². The minimum absolute atomic E-state index is 0.282.